The topological polar surface area (TPSA) is 54.5 Å². The van der Waals surface area contributed by atoms with Crippen LogP contribution in [0.4, 0.5) is 0 Å². The maximum Gasteiger partial charge on any atom is 0.104 e. The quantitative estimate of drug-likeness (QED) is 0.528. The van der Waals surface area contributed by atoms with Gasteiger partial charge in [0.15, 0.2) is 0 Å². The number of benzene rings is 1. The predicted molar refractivity (Wildman–Crippen MR) is 102 cm³/mol. The van der Waals surface area contributed by atoms with Gasteiger partial charge < -0.3 is 4.98 Å². The number of H-pyrrole nitrogens is 1. The van der Waals surface area contributed by atoms with Crippen molar-refractivity contribution in [1.82, 2.24) is 19.9 Å². The number of rotatable bonds is 2. The van der Waals surface area contributed by atoms with Crippen molar-refractivity contribution in [1.29, 1.82) is 0 Å². The van der Waals surface area contributed by atoms with Gasteiger partial charge in [-0.25, -0.2) is 15.0 Å². The van der Waals surface area contributed by atoms with Crippen molar-refractivity contribution in [2.45, 2.75) is 34.6 Å². The highest BCUT2D eigenvalue weighted by Crippen LogP contribution is 2.39. The summed E-state index contributed by atoms with van der Waals surface area (Å²) in [4.78, 5) is 19.7. The van der Waals surface area contributed by atoms with E-state index in [1.165, 1.54) is 15.3 Å². The van der Waals surface area contributed by atoms with Crippen LogP contribution in [-0.2, 0) is 0 Å². The van der Waals surface area contributed by atoms with Gasteiger partial charge in [0.2, 0.25) is 0 Å². The predicted octanol–water partition coefficient (Wildman–Crippen LogP) is 5.35. The molecule has 0 unspecified atom stereocenters. The van der Waals surface area contributed by atoms with E-state index >= 15 is 0 Å². The number of nitrogens with one attached hydrogen (secondary N) is 1. The molecule has 0 atom stereocenters. The minimum absolute atomic E-state index is 0.930. The highest BCUT2D eigenvalue weighted by atomic mass is 32.1. The van der Waals surface area contributed by atoms with Crippen molar-refractivity contribution >= 4 is 33.7 Å². The number of nitrogens with zero attached hydrogens (tertiary/aromatic N) is 3. The van der Waals surface area contributed by atoms with Gasteiger partial charge in [-0.2, -0.15) is 0 Å². The third-order valence-corrected chi connectivity index (χ3v) is 6.25. The van der Waals surface area contributed by atoms with Gasteiger partial charge in [-0.05, 0) is 52.3 Å². The van der Waals surface area contributed by atoms with E-state index in [2.05, 4.69) is 54.8 Å². The molecule has 4 nitrogen and oxygen atoms in total. The Bertz CT molecular complexity index is 1070. The zero-order valence-electron chi connectivity index (χ0n) is 14.3. The fraction of sp³-hybridized carbons (Fsp3) is 0.278. The van der Waals surface area contributed by atoms with Gasteiger partial charge in [0.05, 0.1) is 42.2 Å². The number of hydrogen-bond donors (Lipinski definition) is 1. The molecule has 3 heterocycles. The average molecular weight is 355 g/mol. The van der Waals surface area contributed by atoms with Crippen molar-refractivity contribution in [2.24, 2.45) is 0 Å². The monoisotopic (exact) mass is 354 g/mol. The number of hydrogen-bond acceptors (Lipinski definition) is 5. The molecule has 1 N–H and O–H groups in total. The van der Waals surface area contributed by atoms with E-state index in [-0.39, 0.29) is 0 Å². The lowest BCUT2D eigenvalue weighted by atomic mass is 10.0. The molecular formula is C18H18N4S2. The van der Waals surface area contributed by atoms with E-state index in [1.54, 1.807) is 22.7 Å². The molecule has 0 radical (unpaired) electrons. The fourth-order valence-corrected chi connectivity index (χ4v) is 4.97. The van der Waals surface area contributed by atoms with Crippen molar-refractivity contribution in [3.63, 3.8) is 0 Å². The van der Waals surface area contributed by atoms with E-state index in [1.807, 2.05) is 6.92 Å². The van der Waals surface area contributed by atoms with Crippen LogP contribution in [-0.4, -0.2) is 19.9 Å². The molecular weight excluding hydrogens is 336 g/mol. The molecule has 4 rings (SSSR count). The number of thiazole rings is 2. The van der Waals surface area contributed by atoms with Gasteiger partial charge >= 0.3 is 0 Å². The van der Waals surface area contributed by atoms with E-state index in [4.69, 9.17) is 4.98 Å². The Morgan fingerprint density at radius 2 is 1.42 bits per heavy atom. The maximum atomic E-state index is 4.71. The molecule has 0 saturated carbocycles. The van der Waals surface area contributed by atoms with Crippen molar-refractivity contribution in [3.8, 4) is 20.9 Å². The van der Waals surface area contributed by atoms with E-state index < -0.39 is 0 Å². The number of aryl methyl sites for hydroxylation is 5. The van der Waals surface area contributed by atoms with Crippen LogP contribution in [0.15, 0.2) is 12.1 Å². The van der Waals surface area contributed by atoms with Crippen LogP contribution >= 0.6 is 22.7 Å². The normalized spacial score (nSPS) is 11.5. The Kier molecular flexibility index (Phi) is 3.54. The smallest absolute Gasteiger partial charge is 0.104 e. The van der Waals surface area contributed by atoms with Crippen molar-refractivity contribution in [3.05, 3.63) is 39.4 Å². The van der Waals surface area contributed by atoms with Crippen LogP contribution in [0.5, 0.6) is 0 Å². The molecule has 0 aliphatic rings. The summed E-state index contributed by atoms with van der Waals surface area (Å²) in [6.07, 6.45) is 0. The Morgan fingerprint density at radius 1 is 0.792 bits per heavy atom. The summed E-state index contributed by atoms with van der Waals surface area (Å²) in [5, 5.41) is 2.17. The van der Waals surface area contributed by atoms with Crippen LogP contribution in [0.25, 0.3) is 31.9 Å². The summed E-state index contributed by atoms with van der Waals surface area (Å²) in [6.45, 7) is 10.2. The molecule has 122 valence electrons. The molecule has 0 spiro atoms. The lowest BCUT2D eigenvalue weighted by Crippen LogP contribution is -1.85. The standard InChI is InChI=1S/C18H18N4S2/c1-8-17(23-11(4)19-8)13-6-14(18-9(2)20-12(5)24-18)16-15(7-13)21-10(3)22-16/h6-7H,1-5H3,(H,21,22). The second-order valence-corrected chi connectivity index (χ2v) is 8.44. The second-order valence-electron chi connectivity index (χ2n) is 6.04. The molecule has 6 heteroatoms. The average Bonchev–Trinajstić information content (AvgIpc) is 3.14. The third kappa shape index (κ3) is 2.46. The van der Waals surface area contributed by atoms with Crippen LogP contribution in [0.1, 0.15) is 27.2 Å². The maximum absolute atomic E-state index is 4.71. The Labute approximate surface area is 148 Å². The molecule has 0 saturated heterocycles. The largest absolute Gasteiger partial charge is 0.342 e. The summed E-state index contributed by atoms with van der Waals surface area (Å²) < 4.78 is 0. The zero-order valence-corrected chi connectivity index (χ0v) is 15.9. The van der Waals surface area contributed by atoms with E-state index in [9.17, 15) is 0 Å². The molecule has 3 aromatic heterocycles. The minimum Gasteiger partial charge on any atom is -0.342 e. The Morgan fingerprint density at radius 3 is 2.00 bits per heavy atom. The van der Waals surface area contributed by atoms with Crippen molar-refractivity contribution < 1.29 is 0 Å². The first kappa shape index (κ1) is 15.5. The summed E-state index contributed by atoms with van der Waals surface area (Å²) in [5.41, 5.74) is 6.57. The number of fused-ring (bicyclic) bond motifs is 1. The lowest BCUT2D eigenvalue weighted by molar-refractivity contribution is 1.17. The molecule has 4 aromatic rings. The molecule has 0 fully saturated rings. The van der Waals surface area contributed by atoms with Gasteiger partial charge in [0, 0.05) is 5.56 Å². The SMILES string of the molecule is Cc1nc2c(-c3sc(C)nc3C)cc(-c3sc(C)nc3C)cc2[nH]1. The minimum atomic E-state index is 0.930. The fourth-order valence-electron chi connectivity index (χ4n) is 3.13. The number of aromatic nitrogens is 4. The highest BCUT2D eigenvalue weighted by molar-refractivity contribution is 7.15. The molecule has 0 aliphatic heterocycles. The molecule has 24 heavy (non-hydrogen) atoms. The zero-order chi connectivity index (χ0) is 17.0. The van der Waals surface area contributed by atoms with Gasteiger partial charge in [-0.3, -0.25) is 0 Å². The first-order valence-electron chi connectivity index (χ1n) is 7.81. The van der Waals surface area contributed by atoms with Crippen LogP contribution in [0, 0.1) is 34.6 Å². The van der Waals surface area contributed by atoms with Gasteiger partial charge in [-0.15, -0.1) is 22.7 Å². The third-order valence-electron chi connectivity index (χ3n) is 4.02. The highest BCUT2D eigenvalue weighted by Gasteiger charge is 2.17. The number of aromatic amines is 1. The number of imidazole rings is 1. The summed E-state index contributed by atoms with van der Waals surface area (Å²) in [6, 6.07) is 4.42. The molecule has 0 bridgehead atoms. The molecule has 0 amide bonds. The van der Waals surface area contributed by atoms with Crippen LogP contribution < -0.4 is 0 Å². The van der Waals surface area contributed by atoms with E-state index in [0.29, 0.717) is 0 Å². The summed E-state index contributed by atoms with van der Waals surface area (Å²) >= 11 is 3.47. The second kappa shape index (κ2) is 5.50. The first-order valence-corrected chi connectivity index (χ1v) is 9.45. The van der Waals surface area contributed by atoms with Crippen LogP contribution in [0.3, 0.4) is 0 Å². The summed E-state index contributed by atoms with van der Waals surface area (Å²) in [7, 11) is 0. The first-order chi connectivity index (χ1) is 11.4. The summed E-state index contributed by atoms with van der Waals surface area (Å²) in [5.74, 6) is 0.930. The van der Waals surface area contributed by atoms with Gasteiger partial charge in [-0.1, -0.05) is 0 Å². The molecule has 1 aromatic carbocycles. The van der Waals surface area contributed by atoms with E-state index in [0.717, 1.165) is 43.8 Å². The lowest BCUT2D eigenvalue weighted by Gasteiger charge is -2.06. The van der Waals surface area contributed by atoms with Crippen LogP contribution in [0.2, 0.25) is 0 Å². The Hall–Kier alpha value is -2.05. The van der Waals surface area contributed by atoms with Gasteiger partial charge in [0.1, 0.15) is 5.82 Å². The Balaban J connectivity index is 2.04. The van der Waals surface area contributed by atoms with Gasteiger partial charge in [0.25, 0.3) is 0 Å². The van der Waals surface area contributed by atoms with Crippen molar-refractivity contribution in [2.75, 3.05) is 0 Å². The molecule has 0 aliphatic carbocycles.